The Bertz CT molecular complexity index is 583. The minimum atomic E-state index is -0.229. The Morgan fingerprint density at radius 3 is 2.48 bits per heavy atom. The van der Waals surface area contributed by atoms with Crippen LogP contribution in [0, 0.1) is 0 Å². The molecule has 23 heavy (non-hydrogen) atoms. The van der Waals surface area contributed by atoms with E-state index in [1.165, 1.54) is 11.0 Å². The minimum Gasteiger partial charge on any atom is -0.496 e. The molecule has 0 aromatic heterocycles. The van der Waals surface area contributed by atoms with Gasteiger partial charge in [0.2, 0.25) is 11.8 Å². The van der Waals surface area contributed by atoms with Gasteiger partial charge in [-0.3, -0.25) is 9.59 Å². The van der Waals surface area contributed by atoms with Crippen LogP contribution in [0.2, 0.25) is 0 Å². The van der Waals surface area contributed by atoms with E-state index in [0.29, 0.717) is 18.8 Å². The molecule has 2 amide bonds. The maximum absolute atomic E-state index is 12.2. The van der Waals surface area contributed by atoms with Crippen molar-refractivity contribution in [2.75, 3.05) is 33.8 Å². The van der Waals surface area contributed by atoms with Crippen LogP contribution in [0.1, 0.15) is 19.4 Å². The lowest BCUT2D eigenvalue weighted by atomic mass is 10.2. The van der Waals surface area contributed by atoms with E-state index >= 15 is 0 Å². The van der Waals surface area contributed by atoms with Crippen molar-refractivity contribution in [2.24, 2.45) is 0 Å². The fraction of sp³-hybridized carbons (Fsp3) is 0.412. The summed E-state index contributed by atoms with van der Waals surface area (Å²) in [6.07, 6.45) is 3.13. The molecule has 0 radical (unpaired) electrons. The molecule has 0 aliphatic heterocycles. The summed E-state index contributed by atoms with van der Waals surface area (Å²) < 4.78 is 6.16. The van der Waals surface area contributed by atoms with Gasteiger partial charge in [0.05, 0.1) is 13.7 Å². The number of halogens is 1. The highest BCUT2D eigenvalue weighted by Crippen LogP contribution is 2.24. The van der Waals surface area contributed by atoms with Crippen LogP contribution >= 0.6 is 15.9 Å². The van der Waals surface area contributed by atoms with Crippen LogP contribution in [-0.4, -0.2) is 55.4 Å². The number of nitrogens with zero attached hydrogens (tertiary/aromatic N) is 2. The minimum absolute atomic E-state index is 0.0562. The zero-order valence-electron chi connectivity index (χ0n) is 14.0. The summed E-state index contributed by atoms with van der Waals surface area (Å²) in [6.45, 7) is 5.19. The van der Waals surface area contributed by atoms with Gasteiger partial charge in [-0.2, -0.15) is 0 Å². The lowest BCUT2D eigenvalue weighted by Crippen LogP contribution is -2.40. The summed E-state index contributed by atoms with van der Waals surface area (Å²) in [7, 11) is 3.20. The third-order valence-corrected chi connectivity index (χ3v) is 3.96. The standard InChI is InChI=1S/C17H23BrN2O3/c1-5-20(6-2)17(22)12-19(3)16(21)10-7-13-11-14(18)8-9-15(13)23-4/h7-11H,5-6,12H2,1-4H3/b10-7+. The van der Waals surface area contributed by atoms with Crippen molar-refractivity contribution in [3.05, 3.63) is 34.3 Å². The highest BCUT2D eigenvalue weighted by Gasteiger charge is 2.14. The van der Waals surface area contributed by atoms with Gasteiger partial charge in [0.1, 0.15) is 5.75 Å². The molecule has 5 nitrogen and oxygen atoms in total. The Hall–Kier alpha value is -1.82. The SMILES string of the molecule is CCN(CC)C(=O)CN(C)C(=O)/C=C/c1cc(Br)ccc1OC. The molecule has 1 aromatic rings. The second-order valence-electron chi connectivity index (χ2n) is 4.98. The summed E-state index contributed by atoms with van der Waals surface area (Å²) >= 11 is 3.39. The van der Waals surface area contributed by atoms with E-state index in [9.17, 15) is 9.59 Å². The number of ether oxygens (including phenoxy) is 1. The first-order valence-corrected chi connectivity index (χ1v) is 8.26. The summed E-state index contributed by atoms with van der Waals surface area (Å²) in [4.78, 5) is 27.3. The van der Waals surface area contributed by atoms with Crippen molar-refractivity contribution < 1.29 is 14.3 Å². The summed E-state index contributed by atoms with van der Waals surface area (Å²) in [5.74, 6) is 0.394. The normalized spacial score (nSPS) is 10.7. The van der Waals surface area contributed by atoms with Gasteiger partial charge in [-0.05, 0) is 38.1 Å². The molecule has 0 N–H and O–H groups in total. The van der Waals surface area contributed by atoms with Gasteiger partial charge in [0, 0.05) is 36.2 Å². The van der Waals surface area contributed by atoms with Gasteiger partial charge in [0.15, 0.2) is 0 Å². The topological polar surface area (TPSA) is 49.9 Å². The van der Waals surface area contributed by atoms with Crippen LogP contribution in [0.5, 0.6) is 5.75 Å². The maximum atomic E-state index is 12.2. The Labute approximate surface area is 146 Å². The molecule has 0 spiro atoms. The number of carbonyl (C=O) groups is 2. The molecule has 0 saturated carbocycles. The zero-order chi connectivity index (χ0) is 17.4. The van der Waals surface area contributed by atoms with Crippen molar-refractivity contribution in [1.29, 1.82) is 0 Å². The number of carbonyl (C=O) groups excluding carboxylic acids is 2. The number of likely N-dealkylation sites (N-methyl/N-ethyl adjacent to an activating group) is 2. The molecule has 126 valence electrons. The predicted molar refractivity (Wildman–Crippen MR) is 95.3 cm³/mol. The smallest absolute Gasteiger partial charge is 0.246 e. The van der Waals surface area contributed by atoms with Crippen molar-refractivity contribution >= 4 is 33.8 Å². The van der Waals surface area contributed by atoms with Gasteiger partial charge in [-0.25, -0.2) is 0 Å². The Balaban J connectivity index is 2.75. The number of methoxy groups -OCH3 is 1. The number of rotatable bonds is 7. The van der Waals surface area contributed by atoms with Gasteiger partial charge >= 0.3 is 0 Å². The Kier molecular flexibility index (Phi) is 7.81. The van der Waals surface area contributed by atoms with E-state index in [1.807, 2.05) is 32.0 Å². The summed E-state index contributed by atoms with van der Waals surface area (Å²) in [5.41, 5.74) is 0.790. The van der Waals surface area contributed by atoms with E-state index in [4.69, 9.17) is 4.74 Å². The van der Waals surface area contributed by atoms with Crippen LogP contribution in [0.25, 0.3) is 6.08 Å². The van der Waals surface area contributed by atoms with Gasteiger partial charge in [-0.1, -0.05) is 15.9 Å². The third kappa shape index (κ3) is 5.71. The highest BCUT2D eigenvalue weighted by molar-refractivity contribution is 9.10. The third-order valence-electron chi connectivity index (χ3n) is 3.46. The first-order chi connectivity index (χ1) is 10.9. The molecule has 0 saturated heterocycles. The van der Waals surface area contributed by atoms with Crippen LogP contribution in [0.4, 0.5) is 0 Å². The molecule has 1 rings (SSSR count). The second kappa shape index (κ2) is 9.35. The quantitative estimate of drug-likeness (QED) is 0.681. The van der Waals surface area contributed by atoms with E-state index < -0.39 is 0 Å². The molecule has 0 unspecified atom stereocenters. The number of amides is 2. The molecule has 0 bridgehead atoms. The van der Waals surface area contributed by atoms with Crippen molar-refractivity contribution in [3.63, 3.8) is 0 Å². The van der Waals surface area contributed by atoms with Crippen LogP contribution in [-0.2, 0) is 9.59 Å². The summed E-state index contributed by atoms with van der Waals surface area (Å²) in [5, 5.41) is 0. The number of benzene rings is 1. The highest BCUT2D eigenvalue weighted by atomic mass is 79.9. The molecule has 0 fully saturated rings. The molecule has 0 heterocycles. The fourth-order valence-electron chi connectivity index (χ4n) is 2.08. The van der Waals surface area contributed by atoms with E-state index in [0.717, 1.165) is 10.0 Å². The molecular formula is C17H23BrN2O3. The first-order valence-electron chi connectivity index (χ1n) is 7.47. The second-order valence-corrected chi connectivity index (χ2v) is 5.90. The van der Waals surface area contributed by atoms with Crippen LogP contribution in [0.15, 0.2) is 28.7 Å². The zero-order valence-corrected chi connectivity index (χ0v) is 15.6. The van der Waals surface area contributed by atoms with Crippen LogP contribution < -0.4 is 4.74 Å². The van der Waals surface area contributed by atoms with Gasteiger partial charge in [0.25, 0.3) is 0 Å². The van der Waals surface area contributed by atoms with Crippen molar-refractivity contribution in [3.8, 4) is 5.75 Å². The lowest BCUT2D eigenvalue weighted by Gasteiger charge is -2.22. The molecule has 6 heteroatoms. The monoisotopic (exact) mass is 382 g/mol. The molecule has 0 aliphatic carbocycles. The van der Waals surface area contributed by atoms with E-state index in [2.05, 4.69) is 15.9 Å². The van der Waals surface area contributed by atoms with E-state index in [1.54, 1.807) is 25.1 Å². The Morgan fingerprint density at radius 1 is 1.26 bits per heavy atom. The largest absolute Gasteiger partial charge is 0.496 e. The molecular weight excluding hydrogens is 360 g/mol. The number of hydrogen-bond donors (Lipinski definition) is 0. The van der Waals surface area contributed by atoms with E-state index in [-0.39, 0.29) is 18.4 Å². The van der Waals surface area contributed by atoms with Gasteiger partial charge in [-0.15, -0.1) is 0 Å². The maximum Gasteiger partial charge on any atom is 0.246 e. The summed E-state index contributed by atoms with van der Waals surface area (Å²) in [6, 6.07) is 5.55. The molecule has 0 atom stereocenters. The van der Waals surface area contributed by atoms with Crippen LogP contribution in [0.3, 0.4) is 0 Å². The first kappa shape index (κ1) is 19.2. The molecule has 0 aliphatic rings. The fourth-order valence-corrected chi connectivity index (χ4v) is 2.46. The van der Waals surface area contributed by atoms with Crippen molar-refractivity contribution in [1.82, 2.24) is 9.80 Å². The van der Waals surface area contributed by atoms with Crippen molar-refractivity contribution in [2.45, 2.75) is 13.8 Å². The number of hydrogen-bond acceptors (Lipinski definition) is 3. The average Bonchev–Trinajstić information content (AvgIpc) is 2.53. The van der Waals surface area contributed by atoms with Gasteiger partial charge < -0.3 is 14.5 Å². The lowest BCUT2D eigenvalue weighted by molar-refractivity contribution is -0.136. The average molecular weight is 383 g/mol. The predicted octanol–water partition coefficient (Wildman–Crippen LogP) is 2.80. The molecule has 1 aromatic carbocycles. The Morgan fingerprint density at radius 2 is 1.91 bits per heavy atom.